The van der Waals surface area contributed by atoms with Crippen LogP contribution < -0.4 is 10.6 Å². The summed E-state index contributed by atoms with van der Waals surface area (Å²) in [7, 11) is 1.85. The molecule has 0 aliphatic carbocycles. The first kappa shape index (κ1) is 17.7. The molecule has 134 valence electrons. The molecule has 1 aromatic carbocycles. The first-order chi connectivity index (χ1) is 12.5. The third-order valence-electron chi connectivity index (χ3n) is 4.21. The van der Waals surface area contributed by atoms with E-state index < -0.39 is 0 Å². The fourth-order valence-electron chi connectivity index (χ4n) is 2.84. The number of urea groups is 1. The lowest BCUT2D eigenvalue weighted by molar-refractivity contribution is 0.235. The number of hydrogen-bond acceptors (Lipinski definition) is 3. The van der Waals surface area contributed by atoms with Gasteiger partial charge in [0.25, 0.3) is 0 Å². The summed E-state index contributed by atoms with van der Waals surface area (Å²) in [6.45, 7) is 3.96. The number of rotatable bonds is 5. The van der Waals surface area contributed by atoms with Gasteiger partial charge in [0.1, 0.15) is 0 Å². The highest BCUT2D eigenvalue weighted by atomic mass is 16.2. The normalized spacial score (nSPS) is 13.0. The Labute approximate surface area is 153 Å². The summed E-state index contributed by atoms with van der Waals surface area (Å²) in [6, 6.07) is 13.0. The second-order valence-corrected chi connectivity index (χ2v) is 6.39. The van der Waals surface area contributed by atoms with Crippen LogP contribution in [0, 0.1) is 6.92 Å². The number of carbonyl (C=O) groups excluding carboxylic acids is 1. The highest BCUT2D eigenvalue weighted by Crippen LogP contribution is 2.21. The molecule has 2 aromatic heterocycles. The second-order valence-electron chi connectivity index (χ2n) is 6.39. The molecule has 0 saturated heterocycles. The summed E-state index contributed by atoms with van der Waals surface area (Å²) < 4.78 is 1.72. The van der Waals surface area contributed by atoms with E-state index in [-0.39, 0.29) is 18.1 Å². The van der Waals surface area contributed by atoms with Crippen LogP contribution in [0.5, 0.6) is 0 Å². The maximum Gasteiger partial charge on any atom is 0.316 e. The molecule has 0 bridgehead atoms. The maximum atomic E-state index is 12.6. The van der Waals surface area contributed by atoms with Crippen molar-refractivity contribution >= 4 is 6.03 Å². The number of nitrogens with one attached hydrogen (secondary N) is 2. The van der Waals surface area contributed by atoms with Crippen molar-refractivity contribution in [3.63, 3.8) is 0 Å². The smallest absolute Gasteiger partial charge is 0.316 e. The van der Waals surface area contributed by atoms with Crippen molar-refractivity contribution in [3.8, 4) is 0 Å². The van der Waals surface area contributed by atoms with Gasteiger partial charge in [0.2, 0.25) is 0 Å². The molecule has 26 heavy (non-hydrogen) atoms. The molecule has 0 aliphatic heterocycles. The summed E-state index contributed by atoms with van der Waals surface area (Å²) in [5.74, 6) is 0. The van der Waals surface area contributed by atoms with Crippen LogP contribution >= 0.6 is 0 Å². The molecule has 2 N–H and O–H groups in total. The SMILES string of the molecule is Cc1cccc([C@@H](NC(=O)N[C@H](C)c2cnn(C)c2)c2ccccn2)c1. The Kier molecular flexibility index (Phi) is 5.31. The molecule has 6 nitrogen and oxygen atoms in total. The predicted molar refractivity (Wildman–Crippen MR) is 101 cm³/mol. The number of pyridine rings is 1. The van der Waals surface area contributed by atoms with E-state index >= 15 is 0 Å². The van der Waals surface area contributed by atoms with Crippen LogP contribution in [0.15, 0.2) is 61.1 Å². The Morgan fingerprint density at radius 3 is 2.62 bits per heavy atom. The van der Waals surface area contributed by atoms with Gasteiger partial charge in [0, 0.05) is 25.0 Å². The Morgan fingerprint density at radius 1 is 1.12 bits per heavy atom. The van der Waals surface area contributed by atoms with Crippen LogP contribution in [0.2, 0.25) is 0 Å². The number of carbonyl (C=O) groups is 1. The standard InChI is InChI=1S/C20H23N5O/c1-14-7-6-8-16(11-14)19(18-9-4-5-10-21-18)24-20(26)23-15(2)17-12-22-25(3)13-17/h4-13,15,19H,1-3H3,(H2,23,24,26)/t15-,19-/m1/s1. The molecule has 0 radical (unpaired) electrons. The maximum absolute atomic E-state index is 12.6. The zero-order valence-electron chi connectivity index (χ0n) is 15.2. The number of aromatic nitrogens is 3. The predicted octanol–water partition coefficient (Wildman–Crippen LogP) is 3.27. The van der Waals surface area contributed by atoms with Crippen LogP contribution in [0.3, 0.4) is 0 Å². The van der Waals surface area contributed by atoms with Crippen molar-refractivity contribution in [2.75, 3.05) is 0 Å². The highest BCUT2D eigenvalue weighted by molar-refractivity contribution is 5.75. The minimum absolute atomic E-state index is 0.148. The van der Waals surface area contributed by atoms with E-state index in [1.165, 1.54) is 0 Å². The van der Waals surface area contributed by atoms with Crippen LogP contribution in [-0.2, 0) is 7.05 Å². The van der Waals surface area contributed by atoms with Gasteiger partial charge >= 0.3 is 6.03 Å². The topological polar surface area (TPSA) is 71.8 Å². The van der Waals surface area contributed by atoms with Crippen molar-refractivity contribution in [2.45, 2.75) is 25.9 Å². The number of benzene rings is 1. The molecule has 0 saturated carbocycles. The molecule has 0 spiro atoms. The molecule has 0 aliphatic rings. The Hall–Kier alpha value is -3.15. The van der Waals surface area contributed by atoms with E-state index in [0.29, 0.717) is 0 Å². The average molecular weight is 349 g/mol. The largest absolute Gasteiger partial charge is 0.332 e. The summed E-state index contributed by atoms with van der Waals surface area (Å²) in [4.78, 5) is 17.0. The van der Waals surface area contributed by atoms with Crippen LogP contribution in [0.25, 0.3) is 0 Å². The number of aryl methyl sites for hydroxylation is 2. The monoisotopic (exact) mass is 349 g/mol. The molecular formula is C20H23N5O. The summed E-state index contributed by atoms with van der Waals surface area (Å²) in [6.07, 6.45) is 5.37. The molecule has 6 heteroatoms. The van der Waals surface area contributed by atoms with E-state index in [2.05, 4.69) is 26.8 Å². The molecule has 3 rings (SSSR count). The van der Waals surface area contributed by atoms with Crippen molar-refractivity contribution in [2.24, 2.45) is 7.05 Å². The fraction of sp³-hybridized carbons (Fsp3) is 0.250. The summed E-state index contributed by atoms with van der Waals surface area (Å²) in [5, 5.41) is 10.2. The first-order valence-corrected chi connectivity index (χ1v) is 8.56. The Morgan fingerprint density at radius 2 is 1.96 bits per heavy atom. The van der Waals surface area contributed by atoms with Gasteiger partial charge in [0.15, 0.2) is 0 Å². The van der Waals surface area contributed by atoms with Gasteiger partial charge in [-0.3, -0.25) is 9.67 Å². The zero-order chi connectivity index (χ0) is 18.5. The van der Waals surface area contributed by atoms with Crippen LogP contribution in [-0.4, -0.2) is 20.8 Å². The third kappa shape index (κ3) is 4.27. The van der Waals surface area contributed by atoms with Gasteiger partial charge in [-0.1, -0.05) is 35.9 Å². The molecule has 0 unspecified atom stereocenters. The van der Waals surface area contributed by atoms with Gasteiger partial charge < -0.3 is 10.6 Å². The van der Waals surface area contributed by atoms with Gasteiger partial charge in [0.05, 0.1) is 24.0 Å². The van der Waals surface area contributed by atoms with Gasteiger partial charge in [-0.15, -0.1) is 0 Å². The third-order valence-corrected chi connectivity index (χ3v) is 4.21. The second kappa shape index (κ2) is 7.82. The van der Waals surface area contributed by atoms with Crippen molar-refractivity contribution < 1.29 is 4.79 Å². The van der Waals surface area contributed by atoms with Gasteiger partial charge in [-0.2, -0.15) is 5.10 Å². The number of nitrogens with zero attached hydrogens (tertiary/aromatic N) is 3. The van der Waals surface area contributed by atoms with Crippen LogP contribution in [0.4, 0.5) is 4.79 Å². The zero-order valence-corrected chi connectivity index (χ0v) is 15.2. The van der Waals surface area contributed by atoms with Crippen molar-refractivity contribution in [1.29, 1.82) is 0 Å². The van der Waals surface area contributed by atoms with E-state index in [1.54, 1.807) is 17.1 Å². The molecular weight excluding hydrogens is 326 g/mol. The number of hydrogen-bond donors (Lipinski definition) is 2. The average Bonchev–Trinajstić information content (AvgIpc) is 3.07. The fourth-order valence-corrected chi connectivity index (χ4v) is 2.84. The molecule has 3 aromatic rings. The van der Waals surface area contributed by atoms with Crippen LogP contribution in [0.1, 0.15) is 41.4 Å². The lowest BCUT2D eigenvalue weighted by Gasteiger charge is -2.21. The minimum atomic E-state index is -0.322. The van der Waals surface area contributed by atoms with E-state index in [1.807, 2.05) is 63.5 Å². The van der Waals surface area contributed by atoms with Gasteiger partial charge in [-0.25, -0.2) is 4.79 Å². The highest BCUT2D eigenvalue weighted by Gasteiger charge is 2.19. The van der Waals surface area contributed by atoms with E-state index in [0.717, 1.165) is 22.4 Å². The lowest BCUT2D eigenvalue weighted by Crippen LogP contribution is -2.39. The molecule has 2 atom stereocenters. The summed E-state index contributed by atoms with van der Waals surface area (Å²) in [5.41, 5.74) is 3.87. The first-order valence-electron chi connectivity index (χ1n) is 8.56. The molecule has 0 fully saturated rings. The minimum Gasteiger partial charge on any atom is -0.332 e. The lowest BCUT2D eigenvalue weighted by atomic mass is 10.0. The number of amides is 2. The van der Waals surface area contributed by atoms with E-state index in [4.69, 9.17) is 0 Å². The Bertz CT molecular complexity index is 875. The van der Waals surface area contributed by atoms with E-state index in [9.17, 15) is 4.79 Å². The quantitative estimate of drug-likeness (QED) is 0.742. The Balaban J connectivity index is 1.78. The van der Waals surface area contributed by atoms with Crippen molar-refractivity contribution in [1.82, 2.24) is 25.4 Å². The van der Waals surface area contributed by atoms with Crippen molar-refractivity contribution in [3.05, 3.63) is 83.4 Å². The van der Waals surface area contributed by atoms with Gasteiger partial charge in [-0.05, 0) is 31.5 Å². The summed E-state index contributed by atoms with van der Waals surface area (Å²) >= 11 is 0. The molecule has 2 amide bonds. The molecule has 2 heterocycles.